The van der Waals surface area contributed by atoms with Crippen molar-refractivity contribution in [3.05, 3.63) is 24.3 Å². The van der Waals surface area contributed by atoms with Gasteiger partial charge in [-0.1, -0.05) is 6.07 Å². The largest absolute Gasteiger partial charge is 0.491 e. The van der Waals surface area contributed by atoms with Gasteiger partial charge in [0, 0.05) is 31.5 Å². The molecule has 1 aromatic rings. The van der Waals surface area contributed by atoms with Gasteiger partial charge in [-0.2, -0.15) is 0 Å². The van der Waals surface area contributed by atoms with Crippen LogP contribution in [0.1, 0.15) is 12.8 Å². The molecule has 2 rings (SSSR count). The molecule has 1 aliphatic rings. The molecule has 1 fully saturated rings. The zero-order chi connectivity index (χ0) is 13.5. The summed E-state index contributed by atoms with van der Waals surface area (Å²) in [5.74, 6) is 0.895. The fraction of sp³-hybridized carbons (Fsp3) is 0.600. The van der Waals surface area contributed by atoms with E-state index in [0.29, 0.717) is 19.3 Å². The van der Waals surface area contributed by atoms with E-state index < -0.39 is 0 Å². The number of methoxy groups -OCH3 is 1. The van der Waals surface area contributed by atoms with Crippen molar-refractivity contribution in [3.63, 3.8) is 0 Å². The lowest BCUT2D eigenvalue weighted by Gasteiger charge is -2.31. The molecule has 0 amide bonds. The molecule has 1 N–H and O–H groups in total. The molecule has 4 nitrogen and oxygen atoms in total. The third-order valence-corrected chi connectivity index (χ3v) is 3.39. The van der Waals surface area contributed by atoms with E-state index in [2.05, 4.69) is 29.4 Å². The highest BCUT2D eigenvalue weighted by Gasteiger charge is 2.16. The Hall–Kier alpha value is -1.26. The van der Waals surface area contributed by atoms with Gasteiger partial charge in [-0.25, -0.2) is 0 Å². The first-order chi connectivity index (χ1) is 9.28. The molecular formula is C15H24N2O2. The highest BCUT2D eigenvalue weighted by atomic mass is 16.5. The molecule has 4 heteroatoms. The van der Waals surface area contributed by atoms with Crippen LogP contribution >= 0.6 is 0 Å². The third kappa shape index (κ3) is 4.73. The lowest BCUT2D eigenvalue weighted by molar-refractivity contribution is 0.146. The molecule has 1 unspecified atom stereocenters. The quantitative estimate of drug-likeness (QED) is 0.799. The topological polar surface area (TPSA) is 33.7 Å². The number of nitrogens with one attached hydrogen (secondary N) is 1. The minimum absolute atomic E-state index is 0.535. The molecule has 1 heterocycles. The molecule has 19 heavy (non-hydrogen) atoms. The second-order valence-corrected chi connectivity index (χ2v) is 5.11. The van der Waals surface area contributed by atoms with Gasteiger partial charge in [0.1, 0.15) is 12.4 Å². The van der Waals surface area contributed by atoms with E-state index >= 15 is 0 Å². The summed E-state index contributed by atoms with van der Waals surface area (Å²) >= 11 is 0. The number of anilines is 1. The molecule has 0 bridgehead atoms. The van der Waals surface area contributed by atoms with Crippen molar-refractivity contribution >= 4 is 5.69 Å². The van der Waals surface area contributed by atoms with Crippen molar-refractivity contribution in [1.82, 2.24) is 4.90 Å². The molecule has 1 saturated heterocycles. The number of piperidine rings is 1. The Labute approximate surface area is 115 Å². The van der Waals surface area contributed by atoms with Crippen LogP contribution in [0.5, 0.6) is 5.75 Å². The average Bonchev–Trinajstić information content (AvgIpc) is 2.39. The summed E-state index contributed by atoms with van der Waals surface area (Å²) in [6, 6.07) is 8.69. The van der Waals surface area contributed by atoms with E-state index in [1.807, 2.05) is 12.1 Å². The Morgan fingerprint density at radius 1 is 1.37 bits per heavy atom. The van der Waals surface area contributed by atoms with Crippen LogP contribution in [0.15, 0.2) is 24.3 Å². The van der Waals surface area contributed by atoms with Crippen molar-refractivity contribution < 1.29 is 9.47 Å². The molecule has 0 radical (unpaired) electrons. The van der Waals surface area contributed by atoms with Gasteiger partial charge in [0.2, 0.25) is 0 Å². The van der Waals surface area contributed by atoms with Crippen LogP contribution in [-0.4, -0.2) is 51.4 Å². The summed E-state index contributed by atoms with van der Waals surface area (Å²) in [5, 5.41) is 3.59. The maximum atomic E-state index is 5.62. The normalized spacial score (nSPS) is 20.2. The Morgan fingerprint density at radius 2 is 2.26 bits per heavy atom. The Bertz CT molecular complexity index is 384. The zero-order valence-electron chi connectivity index (χ0n) is 11.9. The monoisotopic (exact) mass is 264 g/mol. The van der Waals surface area contributed by atoms with Crippen LogP contribution in [0.2, 0.25) is 0 Å². The molecule has 1 atom stereocenters. The summed E-state index contributed by atoms with van der Waals surface area (Å²) in [6.07, 6.45) is 2.50. The number of rotatable bonds is 6. The van der Waals surface area contributed by atoms with E-state index in [-0.39, 0.29) is 0 Å². The van der Waals surface area contributed by atoms with Gasteiger partial charge in [0.05, 0.1) is 6.61 Å². The average molecular weight is 264 g/mol. The Balaban J connectivity index is 1.87. The van der Waals surface area contributed by atoms with Gasteiger partial charge in [-0.15, -0.1) is 0 Å². The lowest BCUT2D eigenvalue weighted by Crippen LogP contribution is -2.39. The van der Waals surface area contributed by atoms with Gasteiger partial charge in [0.15, 0.2) is 0 Å². The molecule has 106 valence electrons. The number of ether oxygens (including phenoxy) is 2. The van der Waals surface area contributed by atoms with Crippen molar-refractivity contribution in [2.24, 2.45) is 0 Å². The summed E-state index contributed by atoms with van der Waals surface area (Å²) in [7, 11) is 3.86. The number of benzene rings is 1. The maximum absolute atomic E-state index is 5.62. The van der Waals surface area contributed by atoms with Crippen LogP contribution in [0, 0.1) is 0 Å². The summed E-state index contributed by atoms with van der Waals surface area (Å²) < 4.78 is 10.6. The van der Waals surface area contributed by atoms with Crippen LogP contribution in [-0.2, 0) is 4.74 Å². The predicted octanol–water partition coefficient (Wildman–Crippen LogP) is 2.22. The highest BCUT2D eigenvalue weighted by molar-refractivity contribution is 5.49. The van der Waals surface area contributed by atoms with Crippen molar-refractivity contribution in [1.29, 1.82) is 0 Å². The summed E-state index contributed by atoms with van der Waals surface area (Å²) in [6.45, 7) is 3.52. The number of likely N-dealkylation sites (tertiary alicyclic amines) is 1. The SMILES string of the molecule is COCCOc1cccc(NC2CCCN(C)C2)c1. The summed E-state index contributed by atoms with van der Waals surface area (Å²) in [4.78, 5) is 2.38. The van der Waals surface area contributed by atoms with Gasteiger partial charge in [0.25, 0.3) is 0 Å². The van der Waals surface area contributed by atoms with Gasteiger partial charge in [-0.3, -0.25) is 0 Å². The molecule has 0 spiro atoms. The Morgan fingerprint density at radius 3 is 3.05 bits per heavy atom. The maximum Gasteiger partial charge on any atom is 0.121 e. The minimum atomic E-state index is 0.535. The molecule has 1 aliphatic heterocycles. The predicted molar refractivity (Wildman–Crippen MR) is 78.0 cm³/mol. The number of hydrogen-bond donors (Lipinski definition) is 1. The summed E-state index contributed by atoms with van der Waals surface area (Å²) in [5.41, 5.74) is 1.13. The van der Waals surface area contributed by atoms with E-state index in [1.165, 1.54) is 19.4 Å². The number of likely N-dealkylation sites (N-methyl/N-ethyl adjacent to an activating group) is 1. The van der Waals surface area contributed by atoms with Gasteiger partial charge < -0.3 is 19.7 Å². The first-order valence-corrected chi connectivity index (χ1v) is 6.95. The minimum Gasteiger partial charge on any atom is -0.491 e. The van der Waals surface area contributed by atoms with Crippen LogP contribution in [0.25, 0.3) is 0 Å². The fourth-order valence-corrected chi connectivity index (χ4v) is 2.44. The van der Waals surface area contributed by atoms with Crippen LogP contribution in [0.3, 0.4) is 0 Å². The molecule has 0 aliphatic carbocycles. The molecule has 0 saturated carbocycles. The number of nitrogens with zero attached hydrogens (tertiary/aromatic N) is 1. The second-order valence-electron chi connectivity index (χ2n) is 5.11. The van der Waals surface area contributed by atoms with Gasteiger partial charge in [-0.05, 0) is 38.6 Å². The molecule has 0 aromatic heterocycles. The first kappa shape index (κ1) is 14.2. The molecule has 1 aromatic carbocycles. The highest BCUT2D eigenvalue weighted by Crippen LogP contribution is 2.20. The zero-order valence-corrected chi connectivity index (χ0v) is 11.9. The number of hydrogen-bond acceptors (Lipinski definition) is 4. The van der Waals surface area contributed by atoms with E-state index in [4.69, 9.17) is 9.47 Å². The smallest absolute Gasteiger partial charge is 0.121 e. The van der Waals surface area contributed by atoms with E-state index in [9.17, 15) is 0 Å². The van der Waals surface area contributed by atoms with Crippen LogP contribution < -0.4 is 10.1 Å². The van der Waals surface area contributed by atoms with E-state index in [0.717, 1.165) is 18.0 Å². The first-order valence-electron chi connectivity index (χ1n) is 6.95. The van der Waals surface area contributed by atoms with Crippen LogP contribution in [0.4, 0.5) is 5.69 Å². The Kier molecular flexibility index (Phi) is 5.48. The lowest BCUT2D eigenvalue weighted by atomic mass is 10.1. The third-order valence-electron chi connectivity index (χ3n) is 3.39. The van der Waals surface area contributed by atoms with Crippen molar-refractivity contribution in [2.75, 3.05) is 45.8 Å². The van der Waals surface area contributed by atoms with E-state index in [1.54, 1.807) is 7.11 Å². The molecular weight excluding hydrogens is 240 g/mol. The fourth-order valence-electron chi connectivity index (χ4n) is 2.44. The second kappa shape index (κ2) is 7.36. The van der Waals surface area contributed by atoms with Gasteiger partial charge >= 0.3 is 0 Å². The van der Waals surface area contributed by atoms with Crippen molar-refractivity contribution in [2.45, 2.75) is 18.9 Å². The standard InChI is InChI=1S/C15H24N2O2/c1-17-8-4-6-14(12-17)16-13-5-3-7-15(11-13)19-10-9-18-2/h3,5,7,11,14,16H,4,6,8-10,12H2,1-2H3. The van der Waals surface area contributed by atoms with Crippen molar-refractivity contribution in [3.8, 4) is 5.75 Å².